The van der Waals surface area contributed by atoms with Crippen molar-refractivity contribution in [2.75, 3.05) is 11.1 Å². The van der Waals surface area contributed by atoms with Crippen LogP contribution in [0.2, 0.25) is 0 Å². The summed E-state index contributed by atoms with van der Waals surface area (Å²) in [6.07, 6.45) is 3.49. The van der Waals surface area contributed by atoms with Crippen molar-refractivity contribution in [1.29, 1.82) is 0 Å². The van der Waals surface area contributed by atoms with E-state index in [2.05, 4.69) is 27.1 Å². The minimum atomic E-state index is -0.0872. The van der Waals surface area contributed by atoms with Crippen molar-refractivity contribution in [3.05, 3.63) is 66.4 Å². The molecule has 7 heteroatoms. The van der Waals surface area contributed by atoms with Gasteiger partial charge in [-0.1, -0.05) is 30.0 Å². The highest BCUT2D eigenvalue weighted by molar-refractivity contribution is 7.99. The number of anilines is 1. The van der Waals surface area contributed by atoms with E-state index in [1.165, 1.54) is 17.3 Å². The van der Waals surface area contributed by atoms with Gasteiger partial charge in [-0.15, -0.1) is 16.8 Å². The third kappa shape index (κ3) is 4.62. The van der Waals surface area contributed by atoms with Gasteiger partial charge in [0.15, 0.2) is 11.0 Å². The number of rotatable bonds is 7. The van der Waals surface area contributed by atoms with E-state index >= 15 is 0 Å². The molecule has 0 saturated heterocycles. The Morgan fingerprint density at radius 3 is 2.78 bits per heavy atom. The molecule has 1 amide bonds. The van der Waals surface area contributed by atoms with Crippen LogP contribution < -0.4 is 5.32 Å². The number of allylic oxidation sites excluding steroid dienone is 1. The van der Waals surface area contributed by atoms with E-state index in [4.69, 9.17) is 0 Å². The smallest absolute Gasteiger partial charge is 0.234 e. The maximum Gasteiger partial charge on any atom is 0.234 e. The molecule has 0 spiro atoms. The fourth-order valence-corrected chi connectivity index (χ4v) is 3.27. The number of hydrogen-bond donors (Lipinski definition) is 1. The van der Waals surface area contributed by atoms with Crippen LogP contribution in [-0.2, 0) is 11.3 Å². The van der Waals surface area contributed by atoms with E-state index in [1.54, 1.807) is 12.3 Å². The summed E-state index contributed by atoms with van der Waals surface area (Å²) in [5, 5.41) is 12.0. The average molecular weight is 379 g/mol. The molecule has 0 aliphatic rings. The Labute approximate surface area is 162 Å². The molecular formula is C20H21N5OS. The van der Waals surface area contributed by atoms with Crippen LogP contribution in [0.25, 0.3) is 11.5 Å². The molecule has 1 aromatic carbocycles. The molecule has 3 rings (SSSR count). The molecule has 0 unspecified atom stereocenters. The van der Waals surface area contributed by atoms with E-state index in [-0.39, 0.29) is 11.7 Å². The van der Waals surface area contributed by atoms with Gasteiger partial charge >= 0.3 is 0 Å². The summed E-state index contributed by atoms with van der Waals surface area (Å²) in [7, 11) is 0. The van der Waals surface area contributed by atoms with E-state index in [1.807, 2.05) is 54.8 Å². The van der Waals surface area contributed by atoms with Gasteiger partial charge in [-0.05, 0) is 49.2 Å². The van der Waals surface area contributed by atoms with Crippen molar-refractivity contribution in [3.8, 4) is 11.5 Å². The molecule has 1 N–H and O–H groups in total. The van der Waals surface area contributed by atoms with Crippen molar-refractivity contribution in [2.45, 2.75) is 25.5 Å². The van der Waals surface area contributed by atoms with Crippen molar-refractivity contribution in [3.63, 3.8) is 0 Å². The number of carbonyl (C=O) groups is 1. The summed E-state index contributed by atoms with van der Waals surface area (Å²) in [6.45, 7) is 8.40. The van der Waals surface area contributed by atoms with E-state index < -0.39 is 0 Å². The minimum Gasteiger partial charge on any atom is -0.325 e. The molecule has 0 atom stereocenters. The molecule has 0 aliphatic heterocycles. The first-order valence-electron chi connectivity index (χ1n) is 8.54. The van der Waals surface area contributed by atoms with Gasteiger partial charge in [-0.25, -0.2) is 0 Å². The second-order valence-electron chi connectivity index (χ2n) is 6.06. The second kappa shape index (κ2) is 8.64. The van der Waals surface area contributed by atoms with Gasteiger partial charge in [0, 0.05) is 18.4 Å². The van der Waals surface area contributed by atoms with Crippen LogP contribution in [0.3, 0.4) is 0 Å². The van der Waals surface area contributed by atoms with Crippen LogP contribution in [0.1, 0.15) is 11.1 Å². The molecule has 27 heavy (non-hydrogen) atoms. The third-order valence-electron chi connectivity index (χ3n) is 4.05. The molecule has 6 nitrogen and oxygen atoms in total. The monoisotopic (exact) mass is 379 g/mol. The van der Waals surface area contributed by atoms with Crippen LogP contribution in [0.5, 0.6) is 0 Å². The fourth-order valence-electron chi connectivity index (χ4n) is 2.52. The van der Waals surface area contributed by atoms with Gasteiger partial charge in [0.2, 0.25) is 5.91 Å². The highest BCUT2D eigenvalue weighted by atomic mass is 32.2. The van der Waals surface area contributed by atoms with Crippen LogP contribution in [0, 0.1) is 13.8 Å². The van der Waals surface area contributed by atoms with Crippen molar-refractivity contribution < 1.29 is 4.79 Å². The molecule has 2 aromatic heterocycles. The Morgan fingerprint density at radius 2 is 2.07 bits per heavy atom. The maximum absolute atomic E-state index is 12.3. The second-order valence-corrected chi connectivity index (χ2v) is 7.00. The summed E-state index contributed by atoms with van der Waals surface area (Å²) in [5.74, 6) is 0.813. The zero-order chi connectivity index (χ0) is 19.2. The number of benzene rings is 1. The lowest BCUT2D eigenvalue weighted by molar-refractivity contribution is -0.113. The number of nitrogens with one attached hydrogen (secondary N) is 1. The average Bonchev–Trinajstić information content (AvgIpc) is 3.07. The molecule has 0 fully saturated rings. The Morgan fingerprint density at radius 1 is 1.22 bits per heavy atom. The van der Waals surface area contributed by atoms with E-state index in [0.717, 1.165) is 16.9 Å². The largest absolute Gasteiger partial charge is 0.325 e. The predicted octanol–water partition coefficient (Wildman–Crippen LogP) is 3.87. The van der Waals surface area contributed by atoms with Crippen LogP contribution >= 0.6 is 11.8 Å². The topological polar surface area (TPSA) is 72.7 Å². The zero-order valence-electron chi connectivity index (χ0n) is 15.3. The first-order chi connectivity index (χ1) is 13.1. The number of thioether (sulfide) groups is 1. The standard InChI is InChI=1S/C20H21N5OS/c1-4-11-25-19(17-7-5-6-10-21-17)23-24-20(25)27-13-18(26)22-16-9-8-14(2)15(3)12-16/h4-10,12H,1,11,13H2,2-3H3,(H,22,26). The quantitative estimate of drug-likeness (QED) is 0.498. The normalized spacial score (nSPS) is 10.6. The number of aryl methyl sites for hydroxylation is 2. The van der Waals surface area contributed by atoms with Crippen LogP contribution in [0.15, 0.2) is 60.4 Å². The summed E-state index contributed by atoms with van der Waals surface area (Å²) >= 11 is 1.34. The Bertz CT molecular complexity index is 952. The predicted molar refractivity (Wildman–Crippen MR) is 109 cm³/mol. The van der Waals surface area contributed by atoms with Gasteiger partial charge < -0.3 is 5.32 Å². The summed E-state index contributed by atoms with van der Waals surface area (Å²) in [5.41, 5.74) is 3.87. The number of carbonyl (C=O) groups excluding carboxylic acids is 1. The lowest BCUT2D eigenvalue weighted by atomic mass is 10.1. The number of aromatic nitrogens is 4. The molecule has 0 bridgehead atoms. The first kappa shape index (κ1) is 18.8. The Kier molecular flexibility index (Phi) is 6.03. The number of amides is 1. The van der Waals surface area contributed by atoms with Crippen molar-refractivity contribution in [2.24, 2.45) is 0 Å². The Balaban J connectivity index is 1.70. The number of nitrogens with zero attached hydrogens (tertiary/aromatic N) is 4. The molecule has 0 aliphatic carbocycles. The minimum absolute atomic E-state index is 0.0872. The summed E-state index contributed by atoms with van der Waals surface area (Å²) < 4.78 is 1.91. The van der Waals surface area contributed by atoms with Crippen LogP contribution in [0.4, 0.5) is 5.69 Å². The molecule has 3 aromatic rings. The van der Waals surface area contributed by atoms with Gasteiger partial charge in [-0.2, -0.15) is 0 Å². The number of hydrogen-bond acceptors (Lipinski definition) is 5. The summed E-state index contributed by atoms with van der Waals surface area (Å²) in [6, 6.07) is 11.5. The molecule has 2 heterocycles. The van der Waals surface area contributed by atoms with E-state index in [9.17, 15) is 4.79 Å². The lowest BCUT2D eigenvalue weighted by Gasteiger charge is -2.09. The lowest BCUT2D eigenvalue weighted by Crippen LogP contribution is -2.15. The van der Waals surface area contributed by atoms with Gasteiger partial charge in [-0.3, -0.25) is 14.3 Å². The number of pyridine rings is 1. The van der Waals surface area contributed by atoms with Gasteiger partial charge in [0.25, 0.3) is 0 Å². The SMILES string of the molecule is C=CCn1c(SCC(=O)Nc2ccc(C)c(C)c2)nnc1-c1ccccn1. The molecule has 0 saturated carbocycles. The molecular weight excluding hydrogens is 358 g/mol. The maximum atomic E-state index is 12.3. The summed E-state index contributed by atoms with van der Waals surface area (Å²) in [4.78, 5) is 16.6. The Hall–Kier alpha value is -2.93. The van der Waals surface area contributed by atoms with Gasteiger partial charge in [0.05, 0.1) is 5.75 Å². The fraction of sp³-hybridized carbons (Fsp3) is 0.200. The molecule has 138 valence electrons. The highest BCUT2D eigenvalue weighted by Crippen LogP contribution is 2.23. The zero-order valence-corrected chi connectivity index (χ0v) is 16.2. The van der Waals surface area contributed by atoms with Crippen molar-refractivity contribution in [1.82, 2.24) is 19.7 Å². The van der Waals surface area contributed by atoms with E-state index in [0.29, 0.717) is 17.5 Å². The highest BCUT2D eigenvalue weighted by Gasteiger charge is 2.15. The first-order valence-corrected chi connectivity index (χ1v) is 9.52. The molecule has 0 radical (unpaired) electrons. The van der Waals surface area contributed by atoms with Gasteiger partial charge in [0.1, 0.15) is 5.69 Å². The van der Waals surface area contributed by atoms with Crippen molar-refractivity contribution >= 4 is 23.4 Å². The third-order valence-corrected chi connectivity index (χ3v) is 5.01. The van der Waals surface area contributed by atoms with Crippen LogP contribution in [-0.4, -0.2) is 31.4 Å².